The van der Waals surface area contributed by atoms with Crippen LogP contribution in [0.2, 0.25) is 0 Å². The second-order valence-electron chi connectivity index (χ2n) is 6.00. The highest BCUT2D eigenvalue weighted by molar-refractivity contribution is 5.03. The molecule has 2 N–H and O–H groups in total. The van der Waals surface area contributed by atoms with E-state index >= 15 is 0 Å². The van der Waals surface area contributed by atoms with E-state index in [1.54, 1.807) is 6.26 Å². The van der Waals surface area contributed by atoms with Crippen molar-refractivity contribution in [2.45, 2.75) is 50.7 Å². The molecule has 0 bridgehead atoms. The van der Waals surface area contributed by atoms with Gasteiger partial charge in [0.05, 0.1) is 12.8 Å². The molecule has 94 valence electrons. The van der Waals surface area contributed by atoms with Gasteiger partial charge in [0.1, 0.15) is 5.76 Å². The van der Waals surface area contributed by atoms with Crippen LogP contribution < -0.4 is 5.73 Å². The average Bonchev–Trinajstić information content (AvgIpc) is 3.16. The number of nitrogens with two attached hydrogens (primary N) is 1. The Labute approximate surface area is 103 Å². The molecule has 0 aromatic carbocycles. The summed E-state index contributed by atoms with van der Waals surface area (Å²) in [7, 11) is 0. The summed E-state index contributed by atoms with van der Waals surface area (Å²) in [5, 5.41) is 0. The molecule has 1 atom stereocenters. The van der Waals surface area contributed by atoms with E-state index in [0.717, 1.165) is 30.8 Å². The molecule has 2 aliphatic carbocycles. The highest BCUT2D eigenvalue weighted by Crippen LogP contribution is 2.40. The molecule has 1 aromatic rings. The van der Waals surface area contributed by atoms with E-state index in [0.29, 0.717) is 0 Å². The Hall–Kier alpha value is -0.800. The monoisotopic (exact) mass is 234 g/mol. The van der Waals surface area contributed by atoms with Gasteiger partial charge in [-0.15, -0.1) is 0 Å². The lowest BCUT2D eigenvalue weighted by Gasteiger charge is -2.32. The molecule has 0 saturated heterocycles. The molecule has 3 heteroatoms. The van der Waals surface area contributed by atoms with Crippen LogP contribution in [0.4, 0.5) is 0 Å². The molecule has 2 aliphatic rings. The van der Waals surface area contributed by atoms with Gasteiger partial charge in [0.15, 0.2) is 0 Å². The SMILES string of the molecule is CC(N)(CN(Cc1ccco1)C1CC1)C1CC1. The lowest BCUT2D eigenvalue weighted by atomic mass is 9.96. The molecule has 0 radical (unpaired) electrons. The summed E-state index contributed by atoms with van der Waals surface area (Å²) >= 11 is 0. The van der Waals surface area contributed by atoms with Crippen molar-refractivity contribution >= 4 is 0 Å². The van der Waals surface area contributed by atoms with Crippen molar-refractivity contribution in [1.82, 2.24) is 4.90 Å². The van der Waals surface area contributed by atoms with Crippen LogP contribution >= 0.6 is 0 Å². The van der Waals surface area contributed by atoms with Gasteiger partial charge in [0.2, 0.25) is 0 Å². The highest BCUT2D eigenvalue weighted by atomic mass is 16.3. The topological polar surface area (TPSA) is 42.4 Å². The van der Waals surface area contributed by atoms with Crippen molar-refractivity contribution in [1.29, 1.82) is 0 Å². The summed E-state index contributed by atoms with van der Waals surface area (Å²) in [6, 6.07) is 4.75. The summed E-state index contributed by atoms with van der Waals surface area (Å²) in [5.41, 5.74) is 6.43. The minimum atomic E-state index is -0.0187. The van der Waals surface area contributed by atoms with Crippen LogP contribution in [0.15, 0.2) is 22.8 Å². The third-order valence-electron chi connectivity index (χ3n) is 4.06. The van der Waals surface area contributed by atoms with Crippen molar-refractivity contribution in [3.8, 4) is 0 Å². The minimum absolute atomic E-state index is 0.0187. The Kier molecular flexibility index (Phi) is 2.75. The van der Waals surface area contributed by atoms with Gasteiger partial charge < -0.3 is 10.2 Å². The van der Waals surface area contributed by atoms with Gasteiger partial charge in [0, 0.05) is 18.1 Å². The molecule has 0 spiro atoms. The van der Waals surface area contributed by atoms with Gasteiger partial charge in [-0.3, -0.25) is 4.90 Å². The quantitative estimate of drug-likeness (QED) is 0.821. The molecule has 0 aliphatic heterocycles. The second-order valence-corrected chi connectivity index (χ2v) is 6.00. The fourth-order valence-corrected chi connectivity index (χ4v) is 2.67. The fraction of sp³-hybridized carbons (Fsp3) is 0.714. The number of hydrogen-bond donors (Lipinski definition) is 1. The van der Waals surface area contributed by atoms with Crippen molar-refractivity contribution in [2.75, 3.05) is 6.54 Å². The Morgan fingerprint density at radius 3 is 2.71 bits per heavy atom. The lowest BCUT2D eigenvalue weighted by Crippen LogP contribution is -2.50. The molecular formula is C14H22N2O. The molecule has 3 rings (SSSR count). The Morgan fingerprint density at radius 1 is 1.41 bits per heavy atom. The maximum atomic E-state index is 6.45. The lowest BCUT2D eigenvalue weighted by molar-refractivity contribution is 0.174. The summed E-state index contributed by atoms with van der Waals surface area (Å²) in [5.74, 6) is 1.80. The maximum Gasteiger partial charge on any atom is 0.117 e. The maximum absolute atomic E-state index is 6.45. The zero-order valence-corrected chi connectivity index (χ0v) is 10.6. The zero-order valence-electron chi connectivity index (χ0n) is 10.6. The Morgan fingerprint density at radius 2 is 2.18 bits per heavy atom. The van der Waals surface area contributed by atoms with Crippen LogP contribution in [-0.4, -0.2) is 23.0 Å². The van der Waals surface area contributed by atoms with E-state index < -0.39 is 0 Å². The molecule has 17 heavy (non-hydrogen) atoms. The molecule has 3 nitrogen and oxygen atoms in total. The molecule has 1 aromatic heterocycles. The first-order valence-electron chi connectivity index (χ1n) is 6.70. The van der Waals surface area contributed by atoms with Crippen molar-refractivity contribution in [2.24, 2.45) is 11.7 Å². The normalized spacial score (nSPS) is 23.9. The standard InChI is InChI=1S/C14H22N2O/c1-14(15,11-4-5-11)10-16(12-6-7-12)9-13-3-2-8-17-13/h2-3,8,11-12H,4-7,9-10,15H2,1H3. The van der Waals surface area contributed by atoms with Crippen molar-refractivity contribution < 1.29 is 4.42 Å². The van der Waals surface area contributed by atoms with Gasteiger partial charge in [0.25, 0.3) is 0 Å². The van der Waals surface area contributed by atoms with Crippen LogP contribution in [0.3, 0.4) is 0 Å². The van der Waals surface area contributed by atoms with Gasteiger partial charge in [-0.25, -0.2) is 0 Å². The average molecular weight is 234 g/mol. The molecule has 0 amide bonds. The van der Waals surface area contributed by atoms with Gasteiger partial charge in [-0.2, -0.15) is 0 Å². The first-order valence-corrected chi connectivity index (χ1v) is 6.70. The van der Waals surface area contributed by atoms with E-state index in [4.69, 9.17) is 10.2 Å². The largest absolute Gasteiger partial charge is 0.468 e. The summed E-state index contributed by atoms with van der Waals surface area (Å²) in [6.45, 7) is 4.13. The van der Waals surface area contributed by atoms with Gasteiger partial charge >= 0.3 is 0 Å². The second kappa shape index (κ2) is 4.14. The number of furan rings is 1. The van der Waals surface area contributed by atoms with Crippen LogP contribution in [-0.2, 0) is 6.54 Å². The number of hydrogen-bond acceptors (Lipinski definition) is 3. The summed E-state index contributed by atoms with van der Waals surface area (Å²) < 4.78 is 5.45. The predicted octanol–water partition coefficient (Wildman–Crippen LogP) is 2.37. The van der Waals surface area contributed by atoms with Gasteiger partial charge in [-0.05, 0) is 50.7 Å². The van der Waals surface area contributed by atoms with E-state index in [1.807, 2.05) is 6.07 Å². The van der Waals surface area contributed by atoms with Crippen LogP contribution in [0.5, 0.6) is 0 Å². The predicted molar refractivity (Wildman–Crippen MR) is 67.5 cm³/mol. The first-order chi connectivity index (χ1) is 8.15. The van der Waals surface area contributed by atoms with E-state index in [1.165, 1.54) is 25.7 Å². The number of nitrogens with zero attached hydrogens (tertiary/aromatic N) is 1. The molecular weight excluding hydrogens is 212 g/mol. The fourth-order valence-electron chi connectivity index (χ4n) is 2.67. The number of rotatable bonds is 6. The van der Waals surface area contributed by atoms with E-state index in [2.05, 4.69) is 17.9 Å². The van der Waals surface area contributed by atoms with Crippen molar-refractivity contribution in [3.05, 3.63) is 24.2 Å². The van der Waals surface area contributed by atoms with Gasteiger partial charge in [-0.1, -0.05) is 0 Å². The Balaban J connectivity index is 1.63. The molecule has 2 fully saturated rings. The van der Waals surface area contributed by atoms with Crippen molar-refractivity contribution in [3.63, 3.8) is 0 Å². The van der Waals surface area contributed by atoms with E-state index in [9.17, 15) is 0 Å². The highest BCUT2D eigenvalue weighted by Gasteiger charge is 2.42. The zero-order chi connectivity index (χ0) is 11.9. The Bertz CT molecular complexity index is 364. The van der Waals surface area contributed by atoms with Crippen LogP contribution in [0.25, 0.3) is 0 Å². The summed E-state index contributed by atoms with van der Waals surface area (Å²) in [6.07, 6.45) is 7.02. The minimum Gasteiger partial charge on any atom is -0.468 e. The molecule has 1 unspecified atom stereocenters. The van der Waals surface area contributed by atoms with Crippen LogP contribution in [0.1, 0.15) is 38.4 Å². The molecule has 2 saturated carbocycles. The summed E-state index contributed by atoms with van der Waals surface area (Å²) in [4.78, 5) is 2.51. The smallest absolute Gasteiger partial charge is 0.117 e. The first kappa shape index (κ1) is 11.3. The third-order valence-corrected chi connectivity index (χ3v) is 4.06. The van der Waals surface area contributed by atoms with E-state index in [-0.39, 0.29) is 5.54 Å². The molecule has 1 heterocycles. The van der Waals surface area contributed by atoms with Crippen LogP contribution in [0, 0.1) is 5.92 Å². The third kappa shape index (κ3) is 2.72.